The maximum atomic E-state index is 13.7. The number of benzene rings is 2. The van der Waals surface area contributed by atoms with Gasteiger partial charge in [0.1, 0.15) is 11.4 Å². The first-order valence-electron chi connectivity index (χ1n) is 13.6. The molecule has 1 aromatic heterocycles. The molecule has 0 aliphatic carbocycles. The number of aryl methyl sites for hydroxylation is 2. The number of nitrogens with zero attached hydrogens (tertiary/aromatic N) is 3. The molecule has 3 aromatic rings. The van der Waals surface area contributed by atoms with Gasteiger partial charge in [-0.15, -0.1) is 0 Å². The molecule has 0 radical (unpaired) electrons. The molecule has 0 spiro atoms. The van der Waals surface area contributed by atoms with Crippen LogP contribution in [0.3, 0.4) is 0 Å². The monoisotopic (exact) mass is 585 g/mol. The Morgan fingerprint density at radius 2 is 1.74 bits per heavy atom. The first-order chi connectivity index (χ1) is 19.8. The number of alkyl halides is 3. The molecule has 2 N–H and O–H groups in total. The van der Waals surface area contributed by atoms with E-state index in [4.69, 9.17) is 9.47 Å². The molecule has 0 saturated heterocycles. The summed E-state index contributed by atoms with van der Waals surface area (Å²) in [5.74, 6) is 0.544. The summed E-state index contributed by atoms with van der Waals surface area (Å²) in [5, 5.41) is 6.24. The molecule has 11 heteroatoms. The van der Waals surface area contributed by atoms with Gasteiger partial charge in [0.15, 0.2) is 0 Å². The summed E-state index contributed by atoms with van der Waals surface area (Å²) >= 11 is 0. The van der Waals surface area contributed by atoms with Crippen LogP contribution in [0.5, 0.6) is 0 Å². The Hall–Kier alpha value is -4.28. The number of rotatable bonds is 12. The minimum atomic E-state index is -4.58. The van der Waals surface area contributed by atoms with E-state index in [1.54, 1.807) is 17.0 Å². The summed E-state index contributed by atoms with van der Waals surface area (Å²) in [6.45, 7) is 12.7. The number of carbonyl (C=O) groups is 1. The molecule has 42 heavy (non-hydrogen) atoms. The molecule has 2 aromatic carbocycles. The topological polar surface area (TPSA) is 88.6 Å². The highest BCUT2D eigenvalue weighted by atomic mass is 19.4. The van der Waals surface area contributed by atoms with Gasteiger partial charge in [-0.05, 0) is 76.4 Å². The lowest BCUT2D eigenvalue weighted by molar-refractivity contribution is -0.138. The fourth-order valence-electron chi connectivity index (χ4n) is 4.03. The smallest absolute Gasteiger partial charge is 0.419 e. The molecular weight excluding hydrogens is 547 g/mol. The van der Waals surface area contributed by atoms with Crippen molar-refractivity contribution in [3.05, 3.63) is 83.7 Å². The van der Waals surface area contributed by atoms with Gasteiger partial charge in [-0.2, -0.15) is 13.2 Å². The summed E-state index contributed by atoms with van der Waals surface area (Å²) in [5.41, 5.74) is 1.50. The third-order valence-corrected chi connectivity index (χ3v) is 6.20. The van der Waals surface area contributed by atoms with Crippen LogP contribution in [0.15, 0.2) is 61.3 Å². The van der Waals surface area contributed by atoms with Gasteiger partial charge in [-0.25, -0.2) is 14.8 Å². The second-order valence-corrected chi connectivity index (χ2v) is 10.6. The fourth-order valence-corrected chi connectivity index (χ4v) is 4.03. The molecule has 0 unspecified atom stereocenters. The van der Waals surface area contributed by atoms with Crippen LogP contribution in [-0.4, -0.2) is 53.3 Å². The van der Waals surface area contributed by atoms with Crippen LogP contribution in [0, 0.1) is 0 Å². The Morgan fingerprint density at radius 1 is 1.05 bits per heavy atom. The molecule has 0 bridgehead atoms. The van der Waals surface area contributed by atoms with Gasteiger partial charge in [0.2, 0.25) is 5.95 Å². The molecule has 1 heterocycles. The zero-order chi connectivity index (χ0) is 30.9. The largest absolute Gasteiger partial charge is 0.497 e. The van der Waals surface area contributed by atoms with E-state index in [2.05, 4.69) is 27.2 Å². The van der Waals surface area contributed by atoms with E-state index in [-0.39, 0.29) is 24.2 Å². The predicted octanol–water partition coefficient (Wildman–Crippen LogP) is 7.31. The standard InChI is InChI=1S/C31H38F3N5O3/c1-7-39(29(40)42-30(3,4)5)18-17-35-24-12-14-25(15-13-24)37-28-36-20-26(31(32,33)34)27(38-28)16-11-22-9-8-10-23(19-22)21(2)41-6/h8-10,12-15,19-20,35H,2,7,11,16-18H2,1,3-6H3,(H,36,37,38). The minimum absolute atomic E-state index is 0.0654. The van der Waals surface area contributed by atoms with Crippen molar-refractivity contribution in [2.75, 3.05) is 37.4 Å². The molecule has 0 atom stereocenters. The zero-order valence-corrected chi connectivity index (χ0v) is 24.6. The Labute approximate surface area is 245 Å². The Kier molecular flexibility index (Phi) is 10.8. The number of amides is 1. The third-order valence-electron chi connectivity index (χ3n) is 6.20. The lowest BCUT2D eigenvalue weighted by Gasteiger charge is -2.26. The number of halogens is 3. The van der Waals surface area contributed by atoms with E-state index in [0.29, 0.717) is 37.5 Å². The normalized spacial score (nSPS) is 11.5. The van der Waals surface area contributed by atoms with Crippen LogP contribution >= 0.6 is 0 Å². The van der Waals surface area contributed by atoms with Crippen molar-refractivity contribution in [3.63, 3.8) is 0 Å². The highest BCUT2D eigenvalue weighted by Gasteiger charge is 2.34. The summed E-state index contributed by atoms with van der Waals surface area (Å²) < 4.78 is 51.7. The minimum Gasteiger partial charge on any atom is -0.497 e. The van der Waals surface area contributed by atoms with Crippen LogP contribution in [0.25, 0.3) is 5.76 Å². The van der Waals surface area contributed by atoms with Crippen LogP contribution in [0.1, 0.15) is 50.1 Å². The predicted molar refractivity (Wildman–Crippen MR) is 159 cm³/mol. The number of anilines is 3. The maximum absolute atomic E-state index is 13.7. The lowest BCUT2D eigenvalue weighted by atomic mass is 10.0. The van der Waals surface area contributed by atoms with Crippen LogP contribution in [-0.2, 0) is 28.5 Å². The Balaban J connectivity index is 1.64. The van der Waals surface area contributed by atoms with Crippen LogP contribution < -0.4 is 10.6 Å². The molecule has 8 nitrogen and oxygen atoms in total. The summed E-state index contributed by atoms with van der Waals surface area (Å²) in [4.78, 5) is 22.0. The molecule has 0 fully saturated rings. The quantitative estimate of drug-likeness (QED) is 0.216. The number of hydrogen-bond donors (Lipinski definition) is 2. The second kappa shape index (κ2) is 14.1. The van der Waals surface area contributed by atoms with Crippen LogP contribution in [0.2, 0.25) is 0 Å². The van der Waals surface area contributed by atoms with Crippen LogP contribution in [0.4, 0.5) is 35.3 Å². The number of hydrogen-bond acceptors (Lipinski definition) is 7. The highest BCUT2D eigenvalue weighted by molar-refractivity contribution is 5.68. The first kappa shape index (κ1) is 32.2. The summed E-state index contributed by atoms with van der Waals surface area (Å²) in [6, 6.07) is 14.5. The van der Waals surface area contributed by atoms with Crippen molar-refractivity contribution in [1.82, 2.24) is 14.9 Å². The second-order valence-electron chi connectivity index (χ2n) is 10.6. The molecule has 0 aliphatic rings. The molecule has 0 aliphatic heterocycles. The van der Waals surface area contributed by atoms with Crippen molar-refractivity contribution in [2.45, 2.75) is 52.3 Å². The first-order valence-corrected chi connectivity index (χ1v) is 13.6. The van der Waals surface area contributed by atoms with Crippen molar-refractivity contribution in [1.29, 1.82) is 0 Å². The summed E-state index contributed by atoms with van der Waals surface area (Å²) in [7, 11) is 1.51. The highest BCUT2D eigenvalue weighted by Crippen LogP contribution is 2.32. The number of nitrogens with one attached hydrogen (secondary N) is 2. The van der Waals surface area contributed by atoms with E-state index < -0.39 is 17.3 Å². The third kappa shape index (κ3) is 9.67. The van der Waals surface area contributed by atoms with Gasteiger partial charge in [0.25, 0.3) is 0 Å². The number of ether oxygens (including phenoxy) is 2. The SMILES string of the molecule is C=C(OC)c1cccc(CCc2nc(Nc3ccc(NCCN(CC)C(=O)OC(C)(C)C)cc3)ncc2C(F)(F)F)c1. The lowest BCUT2D eigenvalue weighted by Crippen LogP contribution is -2.39. The number of aromatic nitrogens is 2. The zero-order valence-electron chi connectivity index (χ0n) is 24.6. The Bertz CT molecular complexity index is 1360. The van der Waals surface area contributed by atoms with Crippen molar-refractivity contribution >= 4 is 29.2 Å². The Morgan fingerprint density at radius 3 is 2.36 bits per heavy atom. The molecule has 0 saturated carbocycles. The van der Waals surface area contributed by atoms with E-state index in [1.165, 1.54) is 7.11 Å². The van der Waals surface area contributed by atoms with E-state index in [9.17, 15) is 18.0 Å². The number of likely N-dealkylation sites (N-methyl/N-ethyl adjacent to an activating group) is 1. The van der Waals surface area contributed by atoms with Gasteiger partial charge in [0.05, 0.1) is 18.4 Å². The van der Waals surface area contributed by atoms with Gasteiger partial charge in [0, 0.05) is 42.8 Å². The summed E-state index contributed by atoms with van der Waals surface area (Å²) in [6.07, 6.45) is -3.73. The van der Waals surface area contributed by atoms with Gasteiger partial charge in [-0.1, -0.05) is 24.8 Å². The molecule has 1 amide bonds. The van der Waals surface area contributed by atoms with Crippen molar-refractivity contribution in [3.8, 4) is 0 Å². The average Bonchev–Trinajstić information content (AvgIpc) is 2.93. The van der Waals surface area contributed by atoms with E-state index in [1.807, 2.05) is 64.1 Å². The van der Waals surface area contributed by atoms with Gasteiger partial charge in [-0.3, -0.25) is 0 Å². The van der Waals surface area contributed by atoms with Gasteiger partial charge >= 0.3 is 12.3 Å². The fraction of sp³-hybridized carbons (Fsp3) is 0.387. The molecule has 226 valence electrons. The number of carbonyl (C=O) groups excluding carboxylic acids is 1. The van der Waals surface area contributed by atoms with Crippen molar-refractivity contribution < 1.29 is 27.4 Å². The van der Waals surface area contributed by atoms with Crippen molar-refractivity contribution in [2.24, 2.45) is 0 Å². The van der Waals surface area contributed by atoms with Gasteiger partial charge < -0.3 is 25.0 Å². The average molecular weight is 586 g/mol. The maximum Gasteiger partial charge on any atom is 0.419 e. The van der Waals surface area contributed by atoms with E-state index >= 15 is 0 Å². The molecular formula is C31H38F3N5O3. The molecule has 3 rings (SSSR count). The van der Waals surface area contributed by atoms with E-state index in [0.717, 1.165) is 23.0 Å². The number of methoxy groups -OCH3 is 1.